The second-order valence-electron chi connectivity index (χ2n) is 5.18. The number of amides is 1. The molecule has 0 aliphatic carbocycles. The molecule has 2 aromatic rings. The van der Waals surface area contributed by atoms with E-state index < -0.39 is 0 Å². The van der Waals surface area contributed by atoms with E-state index in [0.717, 1.165) is 28.4 Å². The topological polar surface area (TPSA) is 59.8 Å². The SMILES string of the molecule is CCCc1nc(C)c(CNC(=O)C[C@H](C)n2cccn2)s1. The molecule has 0 radical (unpaired) electrons. The minimum Gasteiger partial charge on any atom is -0.351 e. The van der Waals surface area contributed by atoms with Gasteiger partial charge in [-0.05, 0) is 32.8 Å². The molecule has 21 heavy (non-hydrogen) atoms. The number of carbonyl (C=O) groups excluding carboxylic acids is 1. The van der Waals surface area contributed by atoms with E-state index in [2.05, 4.69) is 22.3 Å². The lowest BCUT2D eigenvalue weighted by Gasteiger charge is -2.11. The lowest BCUT2D eigenvalue weighted by atomic mass is 10.2. The van der Waals surface area contributed by atoms with Gasteiger partial charge in [-0.25, -0.2) is 4.98 Å². The van der Waals surface area contributed by atoms with Gasteiger partial charge in [0.2, 0.25) is 5.91 Å². The zero-order valence-electron chi connectivity index (χ0n) is 12.8. The fraction of sp³-hybridized carbons (Fsp3) is 0.533. The summed E-state index contributed by atoms with van der Waals surface area (Å²) < 4.78 is 1.80. The van der Waals surface area contributed by atoms with Gasteiger partial charge in [-0.3, -0.25) is 9.48 Å². The second kappa shape index (κ2) is 7.36. The number of nitrogens with one attached hydrogen (secondary N) is 1. The van der Waals surface area contributed by atoms with Crippen molar-refractivity contribution in [3.8, 4) is 0 Å². The summed E-state index contributed by atoms with van der Waals surface area (Å²) >= 11 is 1.70. The fourth-order valence-electron chi connectivity index (χ4n) is 2.13. The van der Waals surface area contributed by atoms with E-state index in [-0.39, 0.29) is 11.9 Å². The summed E-state index contributed by atoms with van der Waals surface area (Å²) in [4.78, 5) is 17.7. The van der Waals surface area contributed by atoms with E-state index in [1.165, 1.54) is 0 Å². The van der Waals surface area contributed by atoms with Crippen LogP contribution in [0.5, 0.6) is 0 Å². The normalized spacial score (nSPS) is 12.3. The van der Waals surface area contributed by atoms with E-state index >= 15 is 0 Å². The van der Waals surface area contributed by atoms with Gasteiger partial charge in [-0.15, -0.1) is 11.3 Å². The molecule has 0 spiro atoms. The molecular weight excluding hydrogens is 284 g/mol. The van der Waals surface area contributed by atoms with Gasteiger partial charge < -0.3 is 5.32 Å². The van der Waals surface area contributed by atoms with Gasteiger partial charge >= 0.3 is 0 Å². The Hall–Kier alpha value is -1.69. The Morgan fingerprint density at radius 2 is 2.33 bits per heavy atom. The maximum atomic E-state index is 12.0. The van der Waals surface area contributed by atoms with Gasteiger partial charge in [0.05, 0.1) is 23.3 Å². The zero-order valence-corrected chi connectivity index (χ0v) is 13.6. The molecule has 5 nitrogen and oxygen atoms in total. The highest BCUT2D eigenvalue weighted by Gasteiger charge is 2.12. The van der Waals surface area contributed by atoms with Crippen molar-refractivity contribution in [2.24, 2.45) is 0 Å². The first-order chi connectivity index (χ1) is 10.1. The Bertz CT molecular complexity index is 577. The lowest BCUT2D eigenvalue weighted by Crippen LogP contribution is -2.25. The molecule has 2 rings (SSSR count). The first-order valence-corrected chi connectivity index (χ1v) is 8.12. The third kappa shape index (κ3) is 4.39. The molecule has 6 heteroatoms. The molecule has 2 heterocycles. The Kier molecular flexibility index (Phi) is 5.50. The largest absolute Gasteiger partial charge is 0.351 e. The van der Waals surface area contributed by atoms with Crippen molar-refractivity contribution in [3.63, 3.8) is 0 Å². The van der Waals surface area contributed by atoms with Crippen molar-refractivity contribution in [1.29, 1.82) is 0 Å². The second-order valence-corrected chi connectivity index (χ2v) is 6.35. The van der Waals surface area contributed by atoms with Gasteiger partial charge in [0, 0.05) is 23.7 Å². The fourth-order valence-corrected chi connectivity index (χ4v) is 3.24. The minimum absolute atomic E-state index is 0.0443. The maximum Gasteiger partial charge on any atom is 0.222 e. The molecule has 0 fully saturated rings. The first-order valence-electron chi connectivity index (χ1n) is 7.31. The molecule has 1 amide bonds. The summed E-state index contributed by atoms with van der Waals surface area (Å²) in [6.45, 7) is 6.71. The smallest absolute Gasteiger partial charge is 0.222 e. The van der Waals surface area contributed by atoms with Crippen molar-refractivity contribution in [2.75, 3.05) is 0 Å². The maximum absolute atomic E-state index is 12.0. The predicted molar refractivity (Wildman–Crippen MR) is 84.2 cm³/mol. The van der Waals surface area contributed by atoms with E-state index in [1.807, 2.05) is 26.1 Å². The monoisotopic (exact) mass is 306 g/mol. The summed E-state index contributed by atoms with van der Waals surface area (Å²) in [6, 6.07) is 1.93. The number of rotatable bonds is 7. The van der Waals surface area contributed by atoms with Crippen LogP contribution in [0.3, 0.4) is 0 Å². The molecular formula is C15H22N4OS. The van der Waals surface area contributed by atoms with E-state index in [9.17, 15) is 4.79 Å². The number of nitrogens with zero attached hydrogens (tertiary/aromatic N) is 3. The first kappa shape index (κ1) is 15.7. The molecule has 1 N–H and O–H groups in total. The van der Waals surface area contributed by atoms with E-state index in [4.69, 9.17) is 0 Å². The van der Waals surface area contributed by atoms with Crippen LogP contribution >= 0.6 is 11.3 Å². The summed E-state index contributed by atoms with van der Waals surface area (Å²) in [5, 5.41) is 8.29. The minimum atomic E-state index is 0.0443. The summed E-state index contributed by atoms with van der Waals surface area (Å²) in [5.41, 5.74) is 1.03. The average molecular weight is 306 g/mol. The molecule has 1 atom stereocenters. The number of hydrogen-bond acceptors (Lipinski definition) is 4. The molecule has 0 bridgehead atoms. The van der Waals surface area contributed by atoms with Crippen LogP contribution in [0.2, 0.25) is 0 Å². The highest BCUT2D eigenvalue weighted by atomic mass is 32.1. The van der Waals surface area contributed by atoms with Crippen LogP contribution in [0.1, 0.15) is 48.3 Å². The molecule has 0 aromatic carbocycles. The van der Waals surface area contributed by atoms with Crippen LogP contribution in [0.15, 0.2) is 18.5 Å². The summed E-state index contributed by atoms with van der Waals surface area (Å²) in [5.74, 6) is 0.0443. The average Bonchev–Trinajstić information content (AvgIpc) is 3.07. The zero-order chi connectivity index (χ0) is 15.2. The highest BCUT2D eigenvalue weighted by molar-refractivity contribution is 7.11. The Balaban J connectivity index is 1.83. The number of aromatic nitrogens is 3. The third-order valence-electron chi connectivity index (χ3n) is 3.30. The van der Waals surface area contributed by atoms with Crippen molar-refractivity contribution in [1.82, 2.24) is 20.1 Å². The molecule has 0 unspecified atom stereocenters. The summed E-state index contributed by atoms with van der Waals surface area (Å²) in [7, 11) is 0. The van der Waals surface area contributed by atoms with Crippen LogP contribution in [-0.2, 0) is 17.8 Å². The molecule has 114 valence electrons. The molecule has 0 saturated heterocycles. The van der Waals surface area contributed by atoms with Crippen molar-refractivity contribution >= 4 is 17.2 Å². The van der Waals surface area contributed by atoms with Crippen molar-refractivity contribution in [3.05, 3.63) is 34.0 Å². The Morgan fingerprint density at radius 1 is 1.52 bits per heavy atom. The van der Waals surface area contributed by atoms with Crippen molar-refractivity contribution < 1.29 is 4.79 Å². The predicted octanol–water partition coefficient (Wildman–Crippen LogP) is 2.87. The van der Waals surface area contributed by atoms with Gasteiger partial charge in [0.15, 0.2) is 0 Å². The molecule has 2 aromatic heterocycles. The molecule has 0 aliphatic heterocycles. The third-order valence-corrected chi connectivity index (χ3v) is 4.52. The van der Waals surface area contributed by atoms with Crippen LogP contribution in [0, 0.1) is 6.92 Å². The van der Waals surface area contributed by atoms with Crippen molar-refractivity contribution in [2.45, 2.75) is 52.6 Å². The Morgan fingerprint density at radius 3 is 3.00 bits per heavy atom. The molecule has 0 aliphatic rings. The van der Waals surface area contributed by atoms with Crippen LogP contribution in [-0.4, -0.2) is 20.7 Å². The number of carbonyl (C=O) groups is 1. The number of aryl methyl sites for hydroxylation is 2. The van der Waals surface area contributed by atoms with Crippen LogP contribution < -0.4 is 5.32 Å². The van der Waals surface area contributed by atoms with Crippen LogP contribution in [0.25, 0.3) is 0 Å². The van der Waals surface area contributed by atoms with E-state index in [1.54, 1.807) is 22.2 Å². The van der Waals surface area contributed by atoms with Gasteiger partial charge in [-0.2, -0.15) is 5.10 Å². The van der Waals surface area contributed by atoms with Gasteiger partial charge in [0.25, 0.3) is 0 Å². The number of hydrogen-bond donors (Lipinski definition) is 1. The number of thiazole rings is 1. The van der Waals surface area contributed by atoms with Crippen LogP contribution in [0.4, 0.5) is 0 Å². The quantitative estimate of drug-likeness (QED) is 0.855. The standard InChI is InChI=1S/C15H22N4OS/c1-4-6-15-18-12(3)13(21-15)10-16-14(20)9-11(2)19-8-5-7-17-19/h5,7-8,11H,4,6,9-10H2,1-3H3,(H,16,20)/t11-/m0/s1. The van der Waals surface area contributed by atoms with E-state index in [0.29, 0.717) is 13.0 Å². The summed E-state index contributed by atoms with van der Waals surface area (Å²) in [6.07, 6.45) is 6.14. The van der Waals surface area contributed by atoms with Gasteiger partial charge in [-0.1, -0.05) is 6.92 Å². The Labute approximate surface area is 129 Å². The lowest BCUT2D eigenvalue weighted by molar-refractivity contribution is -0.121. The molecule has 0 saturated carbocycles. The van der Waals surface area contributed by atoms with Gasteiger partial charge in [0.1, 0.15) is 0 Å². The highest BCUT2D eigenvalue weighted by Crippen LogP contribution is 2.19.